The molecular formula is C14H10FNO4. The summed E-state index contributed by atoms with van der Waals surface area (Å²) in [5.41, 5.74) is -0.441. The van der Waals surface area contributed by atoms with E-state index in [1.54, 1.807) is 0 Å². The third kappa shape index (κ3) is 2.49. The zero-order valence-electron chi connectivity index (χ0n) is 10.5. The van der Waals surface area contributed by atoms with Crippen LogP contribution in [0.25, 0.3) is 0 Å². The number of ketones is 1. The van der Waals surface area contributed by atoms with E-state index in [4.69, 9.17) is 4.74 Å². The molecule has 0 aliphatic heterocycles. The number of rotatable bonds is 4. The fraction of sp³-hybridized carbons (Fsp3) is 0.0714. The Morgan fingerprint density at radius 1 is 1.25 bits per heavy atom. The SMILES string of the molecule is COc1ccc(C(=O)c2ccccc2F)cc1[N+](=O)[O-]. The summed E-state index contributed by atoms with van der Waals surface area (Å²) in [5.74, 6) is -1.25. The molecule has 6 heteroatoms. The van der Waals surface area contributed by atoms with Crippen LogP contribution in [0.15, 0.2) is 42.5 Å². The van der Waals surface area contributed by atoms with E-state index in [1.807, 2.05) is 0 Å². The van der Waals surface area contributed by atoms with Crippen molar-refractivity contribution in [1.82, 2.24) is 0 Å². The molecule has 0 aromatic heterocycles. The molecule has 0 spiro atoms. The first kappa shape index (κ1) is 13.7. The van der Waals surface area contributed by atoms with E-state index < -0.39 is 16.5 Å². The average Bonchev–Trinajstić information content (AvgIpc) is 2.46. The summed E-state index contributed by atoms with van der Waals surface area (Å²) < 4.78 is 18.4. The summed E-state index contributed by atoms with van der Waals surface area (Å²) in [6, 6.07) is 9.22. The quantitative estimate of drug-likeness (QED) is 0.488. The van der Waals surface area contributed by atoms with Crippen LogP contribution in [-0.4, -0.2) is 17.8 Å². The highest BCUT2D eigenvalue weighted by molar-refractivity contribution is 6.09. The lowest BCUT2D eigenvalue weighted by Crippen LogP contribution is -2.05. The maximum Gasteiger partial charge on any atom is 0.311 e. The number of nitro groups is 1. The number of hydrogen-bond acceptors (Lipinski definition) is 4. The smallest absolute Gasteiger partial charge is 0.311 e. The van der Waals surface area contributed by atoms with Gasteiger partial charge in [-0.2, -0.15) is 0 Å². The van der Waals surface area contributed by atoms with E-state index in [1.165, 1.54) is 37.4 Å². The first-order valence-corrected chi connectivity index (χ1v) is 5.66. The molecule has 2 aromatic carbocycles. The summed E-state index contributed by atoms with van der Waals surface area (Å²) in [6.07, 6.45) is 0. The monoisotopic (exact) mass is 275 g/mol. The van der Waals surface area contributed by atoms with Crippen LogP contribution in [0.4, 0.5) is 10.1 Å². The molecule has 0 fully saturated rings. The second-order valence-electron chi connectivity index (χ2n) is 3.95. The Morgan fingerprint density at radius 2 is 1.95 bits per heavy atom. The third-order valence-electron chi connectivity index (χ3n) is 2.76. The minimum atomic E-state index is -0.670. The molecule has 0 bridgehead atoms. The highest BCUT2D eigenvalue weighted by Crippen LogP contribution is 2.28. The minimum absolute atomic E-state index is 0.0302. The molecule has 0 heterocycles. The topological polar surface area (TPSA) is 69.4 Å². The largest absolute Gasteiger partial charge is 0.490 e. The van der Waals surface area contributed by atoms with E-state index in [2.05, 4.69) is 0 Å². The highest BCUT2D eigenvalue weighted by atomic mass is 19.1. The maximum atomic E-state index is 13.6. The molecule has 102 valence electrons. The Hall–Kier alpha value is -2.76. The van der Waals surface area contributed by atoms with Crippen molar-refractivity contribution in [3.63, 3.8) is 0 Å². The molecule has 0 N–H and O–H groups in total. The van der Waals surface area contributed by atoms with Crippen molar-refractivity contribution in [3.05, 3.63) is 69.5 Å². The lowest BCUT2D eigenvalue weighted by molar-refractivity contribution is -0.385. The number of hydrogen-bond donors (Lipinski definition) is 0. The summed E-state index contributed by atoms with van der Waals surface area (Å²) in [6.45, 7) is 0. The van der Waals surface area contributed by atoms with Gasteiger partial charge in [0.05, 0.1) is 17.6 Å². The number of nitro benzene ring substituents is 1. The van der Waals surface area contributed by atoms with Crippen LogP contribution >= 0.6 is 0 Å². The summed E-state index contributed by atoms with van der Waals surface area (Å²) >= 11 is 0. The van der Waals surface area contributed by atoms with Crippen LogP contribution in [0.5, 0.6) is 5.75 Å². The standard InChI is InChI=1S/C14H10FNO4/c1-20-13-7-6-9(8-12(13)16(18)19)14(17)10-4-2-3-5-11(10)15/h2-8H,1H3. The fourth-order valence-electron chi connectivity index (χ4n) is 1.77. The molecule has 0 aliphatic rings. The molecule has 0 atom stereocenters. The third-order valence-corrected chi connectivity index (χ3v) is 2.76. The first-order chi connectivity index (χ1) is 9.54. The molecule has 0 radical (unpaired) electrons. The van der Waals surface area contributed by atoms with Crippen molar-refractivity contribution in [2.45, 2.75) is 0 Å². The van der Waals surface area contributed by atoms with Gasteiger partial charge in [-0.05, 0) is 24.3 Å². The van der Waals surface area contributed by atoms with E-state index in [0.29, 0.717) is 0 Å². The number of carbonyl (C=O) groups excluding carboxylic acids is 1. The van der Waals surface area contributed by atoms with Gasteiger partial charge in [0, 0.05) is 11.6 Å². The van der Waals surface area contributed by atoms with E-state index in [-0.39, 0.29) is 22.6 Å². The van der Waals surface area contributed by atoms with Crippen LogP contribution in [0.1, 0.15) is 15.9 Å². The van der Waals surface area contributed by atoms with Gasteiger partial charge < -0.3 is 4.74 Å². The van der Waals surface area contributed by atoms with Crippen LogP contribution < -0.4 is 4.74 Å². The predicted octanol–water partition coefficient (Wildman–Crippen LogP) is 2.97. The van der Waals surface area contributed by atoms with Gasteiger partial charge >= 0.3 is 5.69 Å². The molecule has 0 amide bonds. The average molecular weight is 275 g/mol. The zero-order chi connectivity index (χ0) is 14.7. The molecule has 20 heavy (non-hydrogen) atoms. The van der Waals surface area contributed by atoms with Crippen LogP contribution in [0.3, 0.4) is 0 Å². The Kier molecular flexibility index (Phi) is 3.74. The van der Waals surface area contributed by atoms with Crippen molar-refractivity contribution in [2.24, 2.45) is 0 Å². The normalized spacial score (nSPS) is 10.1. The number of carbonyl (C=O) groups is 1. The van der Waals surface area contributed by atoms with Gasteiger partial charge in [0.15, 0.2) is 11.5 Å². The maximum absolute atomic E-state index is 13.6. The summed E-state index contributed by atoms with van der Waals surface area (Å²) in [5, 5.41) is 10.9. The van der Waals surface area contributed by atoms with Crippen LogP contribution in [0, 0.1) is 15.9 Å². The zero-order valence-corrected chi connectivity index (χ0v) is 10.5. The van der Waals surface area contributed by atoms with Crippen molar-refractivity contribution < 1.29 is 18.8 Å². The van der Waals surface area contributed by atoms with E-state index in [9.17, 15) is 19.3 Å². The molecule has 0 saturated carbocycles. The van der Waals surface area contributed by atoms with Gasteiger partial charge in [0.25, 0.3) is 0 Å². The first-order valence-electron chi connectivity index (χ1n) is 5.66. The number of nitrogens with zero attached hydrogens (tertiary/aromatic N) is 1. The van der Waals surface area contributed by atoms with E-state index >= 15 is 0 Å². The number of benzene rings is 2. The van der Waals surface area contributed by atoms with Crippen molar-refractivity contribution in [2.75, 3.05) is 7.11 Å². The van der Waals surface area contributed by atoms with Crippen molar-refractivity contribution in [1.29, 1.82) is 0 Å². The van der Waals surface area contributed by atoms with Gasteiger partial charge in [-0.1, -0.05) is 12.1 Å². The second-order valence-corrected chi connectivity index (χ2v) is 3.95. The molecule has 2 aromatic rings. The summed E-state index contributed by atoms with van der Waals surface area (Å²) in [4.78, 5) is 22.4. The van der Waals surface area contributed by atoms with Gasteiger partial charge in [-0.3, -0.25) is 14.9 Å². The molecular weight excluding hydrogens is 265 g/mol. The van der Waals surface area contributed by atoms with Gasteiger partial charge in [-0.25, -0.2) is 4.39 Å². The predicted molar refractivity (Wildman–Crippen MR) is 69.5 cm³/mol. The Labute approximate surface area is 113 Å². The molecule has 0 unspecified atom stereocenters. The Balaban J connectivity index is 2.49. The highest BCUT2D eigenvalue weighted by Gasteiger charge is 2.20. The molecule has 0 aliphatic carbocycles. The van der Waals surface area contributed by atoms with E-state index in [0.717, 1.165) is 12.1 Å². The van der Waals surface area contributed by atoms with Crippen LogP contribution in [0.2, 0.25) is 0 Å². The number of methoxy groups -OCH3 is 1. The lowest BCUT2D eigenvalue weighted by Gasteiger charge is -2.05. The van der Waals surface area contributed by atoms with Crippen molar-refractivity contribution in [3.8, 4) is 5.75 Å². The minimum Gasteiger partial charge on any atom is -0.490 e. The van der Waals surface area contributed by atoms with Crippen molar-refractivity contribution >= 4 is 11.5 Å². The number of halogens is 1. The second kappa shape index (κ2) is 5.48. The Morgan fingerprint density at radius 3 is 2.55 bits per heavy atom. The molecule has 0 saturated heterocycles. The van der Waals surface area contributed by atoms with Gasteiger partial charge in [-0.15, -0.1) is 0 Å². The van der Waals surface area contributed by atoms with Gasteiger partial charge in [0.1, 0.15) is 5.82 Å². The number of ether oxygens (including phenoxy) is 1. The molecule has 2 rings (SSSR count). The summed E-state index contributed by atoms with van der Waals surface area (Å²) in [7, 11) is 1.29. The lowest BCUT2D eigenvalue weighted by atomic mass is 10.0. The fourth-order valence-corrected chi connectivity index (χ4v) is 1.77. The molecule has 5 nitrogen and oxygen atoms in total. The van der Waals surface area contributed by atoms with Gasteiger partial charge in [0.2, 0.25) is 0 Å². The van der Waals surface area contributed by atoms with Crippen LogP contribution in [-0.2, 0) is 0 Å². The Bertz CT molecular complexity index is 685.